The number of hydrogen-bond donors (Lipinski definition) is 0. The minimum atomic E-state index is -3.67. The first-order valence-electron chi connectivity index (χ1n) is 10.3. The second-order valence-electron chi connectivity index (χ2n) is 8.37. The minimum Gasteiger partial charge on any atom is -0.343 e. The molecule has 0 N–H and O–H groups in total. The van der Waals surface area contributed by atoms with Crippen LogP contribution in [0.1, 0.15) is 47.1 Å². The first-order chi connectivity index (χ1) is 13.8. The SMILES string of the molecule is Cc1c(S(=O)(=O)N2CCc3ccccc3C2)cc(C(=O)N2CCC(C)CC2)n1C. The predicted molar refractivity (Wildman–Crippen MR) is 112 cm³/mol. The second-order valence-corrected chi connectivity index (χ2v) is 10.3. The van der Waals surface area contributed by atoms with Gasteiger partial charge in [-0.15, -0.1) is 0 Å². The molecule has 0 atom stereocenters. The third-order valence-corrected chi connectivity index (χ3v) is 8.45. The van der Waals surface area contributed by atoms with E-state index in [4.69, 9.17) is 0 Å². The maximum atomic E-state index is 13.4. The molecule has 1 saturated heterocycles. The Labute approximate surface area is 173 Å². The smallest absolute Gasteiger partial charge is 0.270 e. The Morgan fingerprint density at radius 2 is 1.72 bits per heavy atom. The summed E-state index contributed by atoms with van der Waals surface area (Å²) >= 11 is 0. The second kappa shape index (κ2) is 7.61. The fourth-order valence-corrected chi connectivity index (χ4v) is 6.02. The van der Waals surface area contributed by atoms with Crippen molar-refractivity contribution in [2.24, 2.45) is 13.0 Å². The number of likely N-dealkylation sites (tertiary alicyclic amines) is 1. The number of piperidine rings is 1. The van der Waals surface area contributed by atoms with Crippen molar-refractivity contribution >= 4 is 15.9 Å². The van der Waals surface area contributed by atoms with E-state index in [0.29, 0.717) is 36.8 Å². The fourth-order valence-electron chi connectivity index (χ4n) is 4.33. The number of hydrogen-bond acceptors (Lipinski definition) is 3. The van der Waals surface area contributed by atoms with Crippen LogP contribution in [0.2, 0.25) is 0 Å². The monoisotopic (exact) mass is 415 g/mol. The molecule has 0 bridgehead atoms. The lowest BCUT2D eigenvalue weighted by atomic mass is 9.99. The summed E-state index contributed by atoms with van der Waals surface area (Å²) in [5.41, 5.74) is 3.32. The number of carbonyl (C=O) groups excluding carboxylic acids is 1. The van der Waals surface area contributed by atoms with Crippen LogP contribution in [0.4, 0.5) is 0 Å². The topological polar surface area (TPSA) is 62.6 Å². The third kappa shape index (κ3) is 3.62. The van der Waals surface area contributed by atoms with Gasteiger partial charge in [-0.05, 0) is 49.3 Å². The van der Waals surface area contributed by atoms with E-state index in [1.54, 1.807) is 24.6 Å². The Hall–Kier alpha value is -2.12. The van der Waals surface area contributed by atoms with Gasteiger partial charge in [-0.25, -0.2) is 8.42 Å². The summed E-state index contributed by atoms with van der Waals surface area (Å²) in [5.74, 6) is 0.556. The van der Waals surface area contributed by atoms with Gasteiger partial charge in [-0.2, -0.15) is 4.31 Å². The summed E-state index contributed by atoms with van der Waals surface area (Å²) < 4.78 is 30.1. The first-order valence-corrected chi connectivity index (χ1v) is 11.8. The maximum Gasteiger partial charge on any atom is 0.270 e. The minimum absolute atomic E-state index is 0.0760. The van der Waals surface area contributed by atoms with Gasteiger partial charge >= 0.3 is 0 Å². The van der Waals surface area contributed by atoms with Crippen LogP contribution in [-0.4, -0.2) is 47.7 Å². The summed E-state index contributed by atoms with van der Waals surface area (Å²) in [4.78, 5) is 15.1. The molecule has 1 aromatic carbocycles. The molecule has 1 aromatic heterocycles. The average molecular weight is 416 g/mol. The number of sulfonamides is 1. The number of carbonyl (C=O) groups is 1. The van der Waals surface area contributed by atoms with E-state index >= 15 is 0 Å². The van der Waals surface area contributed by atoms with Crippen LogP contribution in [0.5, 0.6) is 0 Å². The summed E-state index contributed by atoms with van der Waals surface area (Å²) in [6.07, 6.45) is 2.69. The van der Waals surface area contributed by atoms with E-state index in [1.807, 2.05) is 23.1 Å². The van der Waals surface area contributed by atoms with Crippen molar-refractivity contribution < 1.29 is 13.2 Å². The van der Waals surface area contributed by atoms with Crippen LogP contribution in [0.25, 0.3) is 0 Å². The molecule has 4 rings (SSSR count). The number of aromatic nitrogens is 1. The van der Waals surface area contributed by atoms with Crippen LogP contribution in [0.15, 0.2) is 35.2 Å². The lowest BCUT2D eigenvalue weighted by molar-refractivity contribution is 0.0687. The Morgan fingerprint density at radius 1 is 1.07 bits per heavy atom. The highest BCUT2D eigenvalue weighted by Gasteiger charge is 2.33. The van der Waals surface area contributed by atoms with Gasteiger partial charge in [-0.3, -0.25) is 4.79 Å². The molecular weight excluding hydrogens is 386 g/mol. The Morgan fingerprint density at radius 3 is 2.41 bits per heavy atom. The zero-order valence-electron chi connectivity index (χ0n) is 17.4. The Balaban J connectivity index is 1.62. The summed E-state index contributed by atoms with van der Waals surface area (Å²) in [6.45, 7) is 6.28. The van der Waals surface area contributed by atoms with Crippen molar-refractivity contribution in [1.82, 2.24) is 13.8 Å². The van der Waals surface area contributed by atoms with Crippen molar-refractivity contribution in [1.29, 1.82) is 0 Å². The van der Waals surface area contributed by atoms with Crippen LogP contribution in [-0.2, 0) is 30.0 Å². The highest BCUT2D eigenvalue weighted by Crippen LogP contribution is 2.29. The average Bonchev–Trinajstić information content (AvgIpc) is 3.03. The number of nitrogens with zero attached hydrogens (tertiary/aromatic N) is 3. The van der Waals surface area contributed by atoms with Gasteiger partial charge in [0.25, 0.3) is 5.91 Å². The van der Waals surface area contributed by atoms with Gasteiger partial charge in [0.1, 0.15) is 10.6 Å². The lowest BCUT2D eigenvalue weighted by Crippen LogP contribution is -2.38. The molecule has 0 saturated carbocycles. The van der Waals surface area contributed by atoms with Gasteiger partial charge in [-0.1, -0.05) is 31.2 Å². The van der Waals surface area contributed by atoms with Crippen LogP contribution >= 0.6 is 0 Å². The maximum absolute atomic E-state index is 13.4. The molecule has 7 heteroatoms. The van der Waals surface area contributed by atoms with Crippen LogP contribution < -0.4 is 0 Å². The largest absolute Gasteiger partial charge is 0.343 e. The number of fused-ring (bicyclic) bond motifs is 1. The standard InChI is InChI=1S/C22H29N3O3S/c1-16-8-11-24(12-9-16)22(26)20-14-21(17(2)23(20)3)29(27,28)25-13-10-18-6-4-5-7-19(18)15-25/h4-7,14,16H,8-13,15H2,1-3H3. The number of amides is 1. The van der Waals surface area contributed by atoms with Crippen molar-refractivity contribution in [2.75, 3.05) is 19.6 Å². The van der Waals surface area contributed by atoms with Crippen molar-refractivity contribution in [3.63, 3.8) is 0 Å². The van der Waals surface area contributed by atoms with Gasteiger partial charge in [0.15, 0.2) is 0 Å². The van der Waals surface area contributed by atoms with Crippen LogP contribution in [0.3, 0.4) is 0 Å². The van der Waals surface area contributed by atoms with E-state index < -0.39 is 10.0 Å². The normalized spacial score (nSPS) is 18.7. The quantitative estimate of drug-likeness (QED) is 0.774. The van der Waals surface area contributed by atoms with E-state index in [2.05, 4.69) is 13.0 Å². The molecule has 0 spiro atoms. The number of rotatable bonds is 3. The molecule has 2 aliphatic rings. The molecule has 1 fully saturated rings. The Bertz CT molecular complexity index is 1030. The van der Waals surface area contributed by atoms with Crippen molar-refractivity contribution in [2.45, 2.75) is 44.6 Å². The molecule has 3 heterocycles. The fraction of sp³-hybridized carbons (Fsp3) is 0.500. The van der Waals surface area contributed by atoms with E-state index in [9.17, 15) is 13.2 Å². The Kier molecular flexibility index (Phi) is 5.29. The molecule has 156 valence electrons. The molecular formula is C22H29N3O3S. The summed E-state index contributed by atoms with van der Waals surface area (Å²) in [5, 5.41) is 0. The van der Waals surface area contributed by atoms with Gasteiger partial charge in [0.2, 0.25) is 10.0 Å². The predicted octanol–water partition coefficient (Wildman–Crippen LogP) is 2.95. The molecule has 6 nitrogen and oxygen atoms in total. The molecule has 0 radical (unpaired) electrons. The van der Waals surface area contributed by atoms with Crippen molar-refractivity contribution in [3.8, 4) is 0 Å². The first kappa shape index (κ1) is 20.2. The summed E-state index contributed by atoms with van der Waals surface area (Å²) in [6, 6.07) is 9.55. The van der Waals surface area contributed by atoms with Crippen LogP contribution in [0, 0.1) is 12.8 Å². The van der Waals surface area contributed by atoms with E-state index in [-0.39, 0.29) is 10.8 Å². The third-order valence-electron chi connectivity index (χ3n) is 6.49. The molecule has 29 heavy (non-hydrogen) atoms. The zero-order chi connectivity index (χ0) is 20.8. The summed E-state index contributed by atoms with van der Waals surface area (Å²) in [7, 11) is -1.89. The lowest BCUT2D eigenvalue weighted by Gasteiger charge is -2.30. The van der Waals surface area contributed by atoms with Gasteiger partial charge < -0.3 is 9.47 Å². The molecule has 2 aliphatic heterocycles. The number of benzene rings is 1. The highest BCUT2D eigenvalue weighted by molar-refractivity contribution is 7.89. The molecule has 2 aromatic rings. The van der Waals surface area contributed by atoms with Crippen molar-refractivity contribution in [3.05, 3.63) is 52.8 Å². The van der Waals surface area contributed by atoms with Gasteiger partial charge in [0, 0.05) is 38.9 Å². The van der Waals surface area contributed by atoms with E-state index in [1.165, 1.54) is 9.87 Å². The molecule has 1 amide bonds. The molecule has 0 aliphatic carbocycles. The van der Waals surface area contributed by atoms with E-state index in [0.717, 1.165) is 31.5 Å². The molecule has 0 unspecified atom stereocenters. The highest BCUT2D eigenvalue weighted by atomic mass is 32.2. The zero-order valence-corrected chi connectivity index (χ0v) is 18.2. The van der Waals surface area contributed by atoms with Gasteiger partial charge in [0.05, 0.1) is 0 Å².